The van der Waals surface area contributed by atoms with Gasteiger partial charge in [0, 0.05) is 20.0 Å². The molecular weight excluding hydrogens is 570 g/mol. The van der Waals surface area contributed by atoms with E-state index in [1.165, 1.54) is 25.8 Å². The molecule has 1 heterocycles. The van der Waals surface area contributed by atoms with Crippen LogP contribution in [0.15, 0.2) is 47.6 Å². The summed E-state index contributed by atoms with van der Waals surface area (Å²) >= 11 is 0. The highest BCUT2D eigenvalue weighted by molar-refractivity contribution is 5.95. The maximum absolute atomic E-state index is 13.5. The highest BCUT2D eigenvalue weighted by atomic mass is 16.6. The molecule has 1 aliphatic rings. The standard InChI is InChI=1S/C30H39N7O7/c1-17(32-25(38)18(2)36(6)29(43)44-30(3,4)5)27(40)37-14-13-22(34-35-31)24(37)26(39)33-23(28(41)42)16-19-11-12-20-9-7-8-10-21(20)15-19/h7-12,15,17-18,22-24,31H,13-14,16H2,1-6H3,(H2-,32,33,38,39,41,42)/p+1/t17-,18+,22-,23+,24+/m1/s1. The monoisotopic (exact) mass is 610 g/mol. The average molecular weight is 611 g/mol. The van der Waals surface area contributed by atoms with Crippen LogP contribution in [0.3, 0.4) is 0 Å². The van der Waals surface area contributed by atoms with Gasteiger partial charge in [0.05, 0.1) is 0 Å². The Bertz CT molecular complexity index is 1470. The van der Waals surface area contributed by atoms with E-state index in [2.05, 4.69) is 20.7 Å². The van der Waals surface area contributed by atoms with Gasteiger partial charge in [0.15, 0.2) is 6.04 Å². The summed E-state index contributed by atoms with van der Waals surface area (Å²) in [6, 6.07) is 7.60. The minimum Gasteiger partial charge on any atom is -0.480 e. The molecule has 0 radical (unpaired) electrons. The highest BCUT2D eigenvalue weighted by Gasteiger charge is 2.47. The summed E-state index contributed by atoms with van der Waals surface area (Å²) in [5.74, 6) is -3.26. The SMILES string of the molecule is C[C@@H](NC(=O)[C@H](C)N(C)C(=O)OC(C)(C)C)C(=O)N1CC[C@@H](N=[N+]=N)[C@H]1C(=O)N[C@@H](Cc1ccc2ccccc2c1)C(=O)O. The van der Waals surface area contributed by atoms with Gasteiger partial charge in [0.1, 0.15) is 40.4 Å². The number of fused-ring (bicyclic) bond motifs is 1. The predicted octanol–water partition coefficient (Wildman–Crippen LogP) is 2.23. The Balaban J connectivity index is 1.73. The van der Waals surface area contributed by atoms with E-state index in [0.29, 0.717) is 5.56 Å². The van der Waals surface area contributed by atoms with Crippen LogP contribution >= 0.6 is 0 Å². The second-order valence-corrected chi connectivity index (χ2v) is 11.8. The summed E-state index contributed by atoms with van der Waals surface area (Å²) < 4.78 is 5.30. The molecule has 14 nitrogen and oxygen atoms in total. The van der Waals surface area contributed by atoms with Crippen LogP contribution in [0.4, 0.5) is 4.79 Å². The first kappa shape index (κ1) is 33.7. The quantitative estimate of drug-likeness (QED) is 0.234. The van der Waals surface area contributed by atoms with E-state index in [9.17, 15) is 29.1 Å². The van der Waals surface area contributed by atoms with Gasteiger partial charge < -0.3 is 25.4 Å². The van der Waals surface area contributed by atoms with Crippen molar-refractivity contribution in [1.82, 2.24) is 25.3 Å². The van der Waals surface area contributed by atoms with Crippen molar-refractivity contribution >= 4 is 40.6 Å². The minimum absolute atomic E-state index is 0.00722. The number of carboxylic acids is 1. The molecule has 0 aromatic heterocycles. The summed E-state index contributed by atoms with van der Waals surface area (Å²) in [5.41, 5.74) is 7.11. The molecule has 0 bridgehead atoms. The molecule has 4 amide bonds. The molecule has 5 atom stereocenters. The maximum atomic E-state index is 13.5. The van der Waals surface area contributed by atoms with E-state index >= 15 is 0 Å². The molecule has 4 N–H and O–H groups in total. The normalized spacial score (nSPS) is 18.4. The van der Waals surface area contributed by atoms with Crippen molar-refractivity contribution in [1.29, 1.82) is 5.53 Å². The molecule has 1 fully saturated rings. The van der Waals surface area contributed by atoms with Crippen molar-refractivity contribution in [2.45, 2.75) is 83.3 Å². The van der Waals surface area contributed by atoms with Crippen molar-refractivity contribution < 1.29 is 33.8 Å². The molecule has 2 aromatic carbocycles. The Labute approximate surface area is 255 Å². The number of hydrogen-bond acceptors (Lipinski definition) is 8. The zero-order chi connectivity index (χ0) is 32.8. The molecule has 1 aliphatic heterocycles. The van der Waals surface area contributed by atoms with E-state index < -0.39 is 65.6 Å². The summed E-state index contributed by atoms with van der Waals surface area (Å²) in [4.78, 5) is 69.8. The van der Waals surface area contributed by atoms with Crippen LogP contribution in [0, 0.1) is 5.53 Å². The number of carbonyl (C=O) groups excluding carboxylic acids is 4. The molecule has 0 spiro atoms. The Morgan fingerprint density at radius 2 is 1.77 bits per heavy atom. The van der Waals surface area contributed by atoms with Gasteiger partial charge in [-0.1, -0.05) is 42.5 Å². The maximum Gasteiger partial charge on any atom is 0.410 e. The molecular formula is C30H40N7O7+. The zero-order valence-corrected chi connectivity index (χ0v) is 25.7. The molecule has 1 saturated heterocycles. The highest BCUT2D eigenvalue weighted by Crippen LogP contribution is 2.23. The van der Waals surface area contributed by atoms with Gasteiger partial charge in [-0.15, -0.1) is 0 Å². The van der Waals surface area contributed by atoms with Gasteiger partial charge in [-0.2, -0.15) is 0 Å². The first-order chi connectivity index (χ1) is 20.6. The summed E-state index contributed by atoms with van der Waals surface area (Å²) in [5, 5.41) is 20.7. The number of ether oxygens (including phenoxy) is 1. The molecule has 3 rings (SSSR count). The number of nitrogens with zero attached hydrogens (tertiary/aromatic N) is 4. The molecule has 0 unspecified atom stereocenters. The number of rotatable bonds is 10. The van der Waals surface area contributed by atoms with Gasteiger partial charge in [-0.25, -0.2) is 9.59 Å². The van der Waals surface area contributed by atoms with Crippen LogP contribution in [-0.4, -0.2) is 94.1 Å². The average Bonchev–Trinajstić information content (AvgIpc) is 3.38. The number of likely N-dealkylation sites (N-methyl/N-ethyl adjacent to an activating group) is 1. The number of hydrogen-bond donors (Lipinski definition) is 4. The fraction of sp³-hybridized carbons (Fsp3) is 0.500. The molecule has 14 heteroatoms. The number of aliphatic carboxylic acids is 1. The van der Waals surface area contributed by atoms with Crippen molar-refractivity contribution in [3.8, 4) is 0 Å². The van der Waals surface area contributed by atoms with Crippen molar-refractivity contribution in [3.63, 3.8) is 0 Å². The number of likely N-dealkylation sites (tertiary alicyclic amines) is 1. The Morgan fingerprint density at radius 3 is 2.39 bits per heavy atom. The molecule has 236 valence electrons. The fourth-order valence-electron chi connectivity index (χ4n) is 4.91. The molecule has 0 aliphatic carbocycles. The van der Waals surface area contributed by atoms with Crippen molar-refractivity contribution in [3.05, 3.63) is 48.0 Å². The largest absolute Gasteiger partial charge is 0.480 e. The first-order valence-electron chi connectivity index (χ1n) is 14.3. The Kier molecular flexibility index (Phi) is 10.8. The third kappa shape index (κ3) is 8.38. The van der Waals surface area contributed by atoms with E-state index in [-0.39, 0.29) is 19.4 Å². The number of carboxylic acid groups (broad SMARTS) is 1. The smallest absolute Gasteiger partial charge is 0.410 e. The summed E-state index contributed by atoms with van der Waals surface area (Å²) in [6.45, 7) is 8.08. The Hall–Kier alpha value is -4.84. The van der Waals surface area contributed by atoms with E-state index in [1.807, 2.05) is 36.4 Å². The van der Waals surface area contributed by atoms with E-state index in [1.54, 1.807) is 26.8 Å². The van der Waals surface area contributed by atoms with Crippen LogP contribution in [0.5, 0.6) is 0 Å². The van der Waals surface area contributed by atoms with Gasteiger partial charge >= 0.3 is 12.1 Å². The number of benzene rings is 2. The van der Waals surface area contributed by atoms with Gasteiger partial charge in [-0.3, -0.25) is 19.3 Å². The first-order valence-corrected chi connectivity index (χ1v) is 14.3. The van der Waals surface area contributed by atoms with E-state index in [0.717, 1.165) is 15.7 Å². The van der Waals surface area contributed by atoms with E-state index in [4.69, 9.17) is 10.3 Å². The Morgan fingerprint density at radius 1 is 1.11 bits per heavy atom. The molecule has 2 aromatic rings. The lowest BCUT2D eigenvalue weighted by Crippen LogP contribution is -2.58. The lowest BCUT2D eigenvalue weighted by atomic mass is 10.0. The second kappa shape index (κ2) is 14.1. The van der Waals surface area contributed by atoms with Gasteiger partial charge in [0.25, 0.3) is 0 Å². The minimum atomic E-state index is -1.31. The molecule has 0 saturated carbocycles. The summed E-state index contributed by atoms with van der Waals surface area (Å²) in [6.07, 6.45) is -0.518. The summed E-state index contributed by atoms with van der Waals surface area (Å²) in [7, 11) is 1.40. The zero-order valence-electron chi connectivity index (χ0n) is 25.7. The number of nitrogens with one attached hydrogen (secondary N) is 3. The fourth-order valence-corrected chi connectivity index (χ4v) is 4.91. The lowest BCUT2D eigenvalue weighted by Gasteiger charge is -2.30. The van der Waals surface area contributed by atoms with Crippen LogP contribution in [0.1, 0.15) is 46.6 Å². The van der Waals surface area contributed by atoms with Crippen LogP contribution in [0.2, 0.25) is 0 Å². The van der Waals surface area contributed by atoms with Crippen LogP contribution < -0.4 is 15.5 Å². The third-order valence-corrected chi connectivity index (χ3v) is 7.36. The van der Waals surface area contributed by atoms with Crippen LogP contribution in [0.25, 0.3) is 10.8 Å². The number of carbonyl (C=O) groups is 5. The van der Waals surface area contributed by atoms with Gasteiger partial charge in [-0.05, 0) is 57.4 Å². The number of amides is 4. The molecule has 44 heavy (non-hydrogen) atoms. The topological polar surface area (TPSA) is 196 Å². The second-order valence-electron chi connectivity index (χ2n) is 11.8. The predicted molar refractivity (Wildman–Crippen MR) is 159 cm³/mol. The lowest BCUT2D eigenvalue weighted by molar-refractivity contribution is -0.145. The third-order valence-electron chi connectivity index (χ3n) is 7.36. The van der Waals surface area contributed by atoms with Gasteiger partial charge in [0.2, 0.25) is 22.6 Å². The van der Waals surface area contributed by atoms with Crippen LogP contribution in [-0.2, 0) is 30.3 Å². The van der Waals surface area contributed by atoms with Crippen molar-refractivity contribution in [2.24, 2.45) is 5.11 Å². The van der Waals surface area contributed by atoms with Crippen molar-refractivity contribution in [2.75, 3.05) is 13.6 Å².